The number of aromatic nitrogens is 4. The fourth-order valence-electron chi connectivity index (χ4n) is 5.10. The number of aliphatic hydroxyl groups is 2. The van der Waals surface area contributed by atoms with Gasteiger partial charge >= 0.3 is 0 Å². The summed E-state index contributed by atoms with van der Waals surface area (Å²) in [6.45, 7) is 0. The second-order valence-electron chi connectivity index (χ2n) is 10.4. The molecule has 0 unspecified atom stereocenters. The highest BCUT2D eigenvalue weighted by Gasteiger charge is 2.43. The smallest absolute Gasteiger partial charge is 0.224 e. The van der Waals surface area contributed by atoms with Crippen LogP contribution in [0.15, 0.2) is 18.5 Å². The van der Waals surface area contributed by atoms with Crippen LogP contribution in [0.4, 0.5) is 11.8 Å². The Kier molecular flexibility index (Phi) is 7.31. The highest BCUT2D eigenvalue weighted by Crippen LogP contribution is 2.44. The Hall–Kier alpha value is -2.12. The monoisotopic (exact) mass is 566 g/mol. The van der Waals surface area contributed by atoms with Gasteiger partial charge in [0.25, 0.3) is 0 Å². The van der Waals surface area contributed by atoms with Gasteiger partial charge in [-0.05, 0) is 44.6 Å². The van der Waals surface area contributed by atoms with Crippen molar-refractivity contribution in [1.82, 2.24) is 19.9 Å². The number of aliphatic hydroxyl groups excluding tert-OH is 2. The molecule has 3 heterocycles. The van der Waals surface area contributed by atoms with Crippen LogP contribution in [0.1, 0.15) is 50.1 Å². The predicted molar refractivity (Wildman–Crippen MR) is 146 cm³/mol. The van der Waals surface area contributed by atoms with Crippen LogP contribution in [0, 0.1) is 5.92 Å². The highest BCUT2D eigenvalue weighted by atomic mass is 35.5. The van der Waals surface area contributed by atoms with E-state index in [2.05, 4.69) is 20.6 Å². The molecule has 3 aromatic rings. The van der Waals surface area contributed by atoms with Gasteiger partial charge in [-0.2, -0.15) is 4.98 Å². The quantitative estimate of drug-likeness (QED) is 0.320. The van der Waals surface area contributed by atoms with Crippen molar-refractivity contribution >= 4 is 55.6 Å². The molecule has 0 aliphatic heterocycles. The number of sulfone groups is 1. The summed E-state index contributed by atoms with van der Waals surface area (Å²) in [6, 6.07) is 1.75. The van der Waals surface area contributed by atoms with Gasteiger partial charge in [-0.15, -0.1) is 23.7 Å². The molecule has 200 valence electrons. The molecule has 0 saturated heterocycles. The van der Waals surface area contributed by atoms with Gasteiger partial charge in [0, 0.05) is 36.5 Å². The van der Waals surface area contributed by atoms with Crippen LogP contribution < -0.4 is 10.6 Å². The summed E-state index contributed by atoms with van der Waals surface area (Å²) in [7, 11) is -3.30. The first-order chi connectivity index (χ1) is 17.2. The Balaban J connectivity index is 0.00000280. The molecule has 0 radical (unpaired) electrons. The number of thiazole rings is 1. The van der Waals surface area contributed by atoms with E-state index in [0.717, 1.165) is 52.9 Å². The van der Waals surface area contributed by atoms with Gasteiger partial charge in [0.2, 0.25) is 5.95 Å². The van der Waals surface area contributed by atoms with E-state index in [1.54, 1.807) is 17.5 Å². The van der Waals surface area contributed by atoms with Crippen molar-refractivity contribution in [2.45, 2.75) is 68.7 Å². The SMILES string of the molecule is CS(=O)(=O)C[C@H]1C[C@@H](Nc2nc(NC3CCC3)ncc2-c2nc3c(C4CC4)nccc3s2)[C@H](O)[C@@H]1O.Cl. The van der Waals surface area contributed by atoms with Gasteiger partial charge in [0.1, 0.15) is 32.3 Å². The van der Waals surface area contributed by atoms with E-state index < -0.39 is 34.0 Å². The summed E-state index contributed by atoms with van der Waals surface area (Å²) in [6.07, 6.45) is 8.35. The minimum absolute atomic E-state index is 0. The van der Waals surface area contributed by atoms with Gasteiger partial charge in [0.15, 0.2) is 0 Å². The zero-order chi connectivity index (χ0) is 25.0. The molecule has 6 rings (SSSR count). The second kappa shape index (κ2) is 10.2. The molecular formula is C24H31ClN6O4S2. The number of nitrogens with one attached hydrogen (secondary N) is 2. The summed E-state index contributed by atoms with van der Waals surface area (Å²) in [5, 5.41) is 28.7. The zero-order valence-electron chi connectivity index (χ0n) is 20.4. The standard InChI is InChI=1S/C24H30N6O4S2.ClH/c1-36(33,34)11-13-9-16(21(32)20(13)31)28-22-15(10-26-24(30-22)27-14-3-2-4-14)23-29-19-17(35-23)7-8-25-18(19)12-5-6-12;/h7-8,10,12-14,16,20-21,31-32H,2-6,9,11H2,1H3,(H2,26,27,28,30);1H/t13-,16-,20-,21+;/m1./s1. The molecule has 3 aliphatic carbocycles. The van der Waals surface area contributed by atoms with Crippen LogP contribution >= 0.6 is 23.7 Å². The summed E-state index contributed by atoms with van der Waals surface area (Å²) in [5.41, 5.74) is 2.64. The lowest BCUT2D eigenvalue weighted by atomic mass is 9.93. The molecule has 3 aromatic heterocycles. The molecule has 0 spiro atoms. The van der Waals surface area contributed by atoms with Crippen molar-refractivity contribution in [2.24, 2.45) is 5.92 Å². The maximum absolute atomic E-state index is 11.8. The molecule has 4 N–H and O–H groups in total. The lowest BCUT2D eigenvalue weighted by molar-refractivity contribution is 0.0216. The number of rotatable bonds is 8. The summed E-state index contributed by atoms with van der Waals surface area (Å²) in [5.74, 6) is 0.730. The van der Waals surface area contributed by atoms with Gasteiger partial charge < -0.3 is 20.8 Å². The van der Waals surface area contributed by atoms with Gasteiger partial charge in [-0.25, -0.2) is 18.4 Å². The Morgan fingerprint density at radius 3 is 2.54 bits per heavy atom. The average Bonchev–Trinajstić information content (AvgIpc) is 3.50. The fourth-order valence-corrected chi connectivity index (χ4v) is 7.19. The third-order valence-corrected chi connectivity index (χ3v) is 9.49. The van der Waals surface area contributed by atoms with E-state index in [4.69, 9.17) is 9.97 Å². The van der Waals surface area contributed by atoms with Crippen molar-refractivity contribution in [3.63, 3.8) is 0 Å². The van der Waals surface area contributed by atoms with Crippen LogP contribution in [0.5, 0.6) is 0 Å². The summed E-state index contributed by atoms with van der Waals surface area (Å²) < 4.78 is 24.7. The van der Waals surface area contributed by atoms with E-state index in [1.807, 2.05) is 12.3 Å². The first-order valence-electron chi connectivity index (χ1n) is 12.4. The highest BCUT2D eigenvalue weighted by molar-refractivity contribution is 7.90. The number of nitrogens with zero attached hydrogens (tertiary/aromatic N) is 4. The summed E-state index contributed by atoms with van der Waals surface area (Å²) >= 11 is 1.54. The number of anilines is 2. The molecule has 3 aliphatic rings. The van der Waals surface area contributed by atoms with Crippen LogP contribution in [-0.4, -0.2) is 74.9 Å². The van der Waals surface area contributed by atoms with Crippen LogP contribution in [-0.2, 0) is 9.84 Å². The molecule has 3 fully saturated rings. The molecule has 10 nitrogen and oxygen atoms in total. The van der Waals surface area contributed by atoms with Gasteiger partial charge in [-0.3, -0.25) is 4.98 Å². The van der Waals surface area contributed by atoms with Crippen LogP contribution in [0.25, 0.3) is 20.8 Å². The Morgan fingerprint density at radius 1 is 1.08 bits per heavy atom. The van der Waals surface area contributed by atoms with Gasteiger partial charge in [-0.1, -0.05) is 0 Å². The van der Waals surface area contributed by atoms with Crippen molar-refractivity contribution in [1.29, 1.82) is 0 Å². The lowest BCUT2D eigenvalue weighted by Gasteiger charge is -2.27. The van der Waals surface area contributed by atoms with Crippen molar-refractivity contribution < 1.29 is 18.6 Å². The second-order valence-corrected chi connectivity index (χ2v) is 13.6. The Morgan fingerprint density at radius 2 is 1.86 bits per heavy atom. The van der Waals surface area contributed by atoms with E-state index in [9.17, 15) is 18.6 Å². The topological polar surface area (TPSA) is 150 Å². The number of hydrogen-bond acceptors (Lipinski definition) is 11. The minimum atomic E-state index is -3.30. The molecule has 4 atom stereocenters. The molecule has 13 heteroatoms. The molecule has 3 saturated carbocycles. The normalized spacial score (nSPS) is 26.0. The number of fused-ring (bicyclic) bond motifs is 1. The molecule has 0 bridgehead atoms. The molecule has 0 amide bonds. The number of halogens is 1. The maximum atomic E-state index is 11.8. The van der Waals surface area contributed by atoms with Crippen molar-refractivity contribution in [3.05, 3.63) is 24.2 Å². The van der Waals surface area contributed by atoms with Crippen molar-refractivity contribution in [3.8, 4) is 10.6 Å². The Labute approximate surface area is 225 Å². The summed E-state index contributed by atoms with van der Waals surface area (Å²) in [4.78, 5) is 18.8. The van der Waals surface area contributed by atoms with E-state index >= 15 is 0 Å². The predicted octanol–water partition coefficient (Wildman–Crippen LogP) is 2.98. The largest absolute Gasteiger partial charge is 0.390 e. The third kappa shape index (κ3) is 5.53. The van der Waals surface area contributed by atoms with E-state index in [1.165, 1.54) is 6.42 Å². The third-order valence-electron chi connectivity index (χ3n) is 7.40. The first-order valence-corrected chi connectivity index (χ1v) is 15.3. The maximum Gasteiger partial charge on any atom is 0.224 e. The first kappa shape index (κ1) is 26.5. The van der Waals surface area contributed by atoms with Gasteiger partial charge in [0.05, 0.1) is 33.9 Å². The molecule has 0 aromatic carbocycles. The lowest BCUT2D eigenvalue weighted by Crippen LogP contribution is -2.36. The Bertz CT molecular complexity index is 1400. The molecular weight excluding hydrogens is 536 g/mol. The minimum Gasteiger partial charge on any atom is -0.390 e. The average molecular weight is 567 g/mol. The van der Waals surface area contributed by atoms with Crippen molar-refractivity contribution in [2.75, 3.05) is 22.6 Å². The number of hydrogen-bond donors (Lipinski definition) is 4. The van der Waals surface area contributed by atoms with E-state index in [0.29, 0.717) is 35.7 Å². The van der Waals surface area contributed by atoms with Crippen LogP contribution in [0.2, 0.25) is 0 Å². The van der Waals surface area contributed by atoms with Crippen LogP contribution in [0.3, 0.4) is 0 Å². The zero-order valence-corrected chi connectivity index (χ0v) is 22.8. The van der Waals surface area contributed by atoms with E-state index in [-0.39, 0.29) is 18.2 Å². The number of pyridine rings is 1. The fraction of sp³-hybridized carbons (Fsp3) is 0.583. The molecule has 37 heavy (non-hydrogen) atoms.